The summed E-state index contributed by atoms with van der Waals surface area (Å²) in [6, 6.07) is 16.1. The van der Waals surface area contributed by atoms with E-state index < -0.39 is 0 Å². The molecule has 0 aliphatic carbocycles. The van der Waals surface area contributed by atoms with Crippen molar-refractivity contribution in [3.8, 4) is 0 Å². The highest BCUT2D eigenvalue weighted by molar-refractivity contribution is 7.22. The molecule has 1 amide bonds. The second-order valence-electron chi connectivity index (χ2n) is 7.51. The summed E-state index contributed by atoms with van der Waals surface area (Å²) in [5, 5.41) is 5.05. The molecule has 29 heavy (non-hydrogen) atoms. The largest absolute Gasteiger partial charge is 0.278 e. The number of carbonyl (C=O) groups is 1. The summed E-state index contributed by atoms with van der Waals surface area (Å²) in [6.45, 7) is 8.65. The van der Waals surface area contributed by atoms with E-state index in [0.29, 0.717) is 17.4 Å². The predicted molar refractivity (Wildman–Crippen MR) is 119 cm³/mol. The van der Waals surface area contributed by atoms with Crippen molar-refractivity contribution >= 4 is 32.6 Å². The number of thiazole rings is 1. The lowest BCUT2D eigenvalue weighted by atomic mass is 10.1. The van der Waals surface area contributed by atoms with Gasteiger partial charge < -0.3 is 0 Å². The van der Waals surface area contributed by atoms with Crippen LogP contribution >= 0.6 is 11.3 Å². The maximum absolute atomic E-state index is 13.6. The lowest BCUT2D eigenvalue weighted by molar-refractivity contribution is 0.0973. The first-order chi connectivity index (χ1) is 14.0. The molecule has 0 N–H and O–H groups in total. The number of anilines is 1. The van der Waals surface area contributed by atoms with Crippen LogP contribution in [-0.4, -0.2) is 20.7 Å². The van der Waals surface area contributed by atoms with Crippen molar-refractivity contribution in [1.82, 2.24) is 14.8 Å². The summed E-state index contributed by atoms with van der Waals surface area (Å²) in [4.78, 5) is 20.3. The highest BCUT2D eigenvalue weighted by Gasteiger charge is 2.25. The average molecular weight is 405 g/mol. The molecular formula is C23H24N4OS. The summed E-state index contributed by atoms with van der Waals surface area (Å²) >= 11 is 1.57. The first-order valence-electron chi connectivity index (χ1n) is 9.71. The van der Waals surface area contributed by atoms with Crippen LogP contribution in [0.3, 0.4) is 0 Å². The van der Waals surface area contributed by atoms with E-state index >= 15 is 0 Å². The van der Waals surface area contributed by atoms with Crippen molar-refractivity contribution in [3.63, 3.8) is 0 Å². The highest BCUT2D eigenvalue weighted by Crippen LogP contribution is 2.34. The van der Waals surface area contributed by atoms with E-state index in [0.717, 1.165) is 21.3 Å². The smallest absolute Gasteiger partial charge is 0.278 e. The van der Waals surface area contributed by atoms with E-state index in [1.165, 1.54) is 5.56 Å². The second-order valence-corrected chi connectivity index (χ2v) is 8.48. The van der Waals surface area contributed by atoms with Crippen molar-refractivity contribution in [2.75, 3.05) is 4.90 Å². The lowest BCUT2D eigenvalue weighted by Gasteiger charge is -2.21. The van der Waals surface area contributed by atoms with Crippen LogP contribution in [-0.2, 0) is 6.54 Å². The predicted octanol–water partition coefficient (Wildman–Crippen LogP) is 5.54. The fourth-order valence-corrected chi connectivity index (χ4v) is 4.50. The van der Waals surface area contributed by atoms with Crippen LogP contribution in [0.1, 0.15) is 47.1 Å². The molecule has 0 aliphatic heterocycles. The first kappa shape index (κ1) is 19.3. The van der Waals surface area contributed by atoms with Crippen LogP contribution in [0.2, 0.25) is 0 Å². The quantitative estimate of drug-likeness (QED) is 0.439. The molecule has 0 saturated carbocycles. The third-order valence-electron chi connectivity index (χ3n) is 4.97. The fraction of sp³-hybridized carbons (Fsp3) is 0.261. The summed E-state index contributed by atoms with van der Waals surface area (Å²) in [5.74, 6) is -0.0885. The van der Waals surface area contributed by atoms with Gasteiger partial charge in [-0.15, -0.1) is 0 Å². The number of hydrogen-bond donors (Lipinski definition) is 0. The maximum atomic E-state index is 13.6. The second kappa shape index (κ2) is 7.79. The molecule has 0 radical (unpaired) electrons. The molecule has 4 aromatic rings. The Balaban J connectivity index is 1.82. The van der Waals surface area contributed by atoms with Crippen molar-refractivity contribution in [3.05, 3.63) is 77.1 Å². The number of aromatic nitrogens is 3. The van der Waals surface area contributed by atoms with Gasteiger partial charge in [0.25, 0.3) is 5.91 Å². The monoisotopic (exact) mass is 404 g/mol. The van der Waals surface area contributed by atoms with E-state index in [1.54, 1.807) is 33.2 Å². The number of aryl methyl sites for hydroxylation is 2. The molecule has 4 rings (SSSR count). The minimum atomic E-state index is -0.0885. The van der Waals surface area contributed by atoms with Gasteiger partial charge in [-0.2, -0.15) is 5.10 Å². The normalized spacial score (nSPS) is 11.3. The van der Waals surface area contributed by atoms with Gasteiger partial charge in [-0.3, -0.25) is 14.4 Å². The Hall–Kier alpha value is -2.99. The Labute approximate surface area is 174 Å². The molecule has 0 spiro atoms. The first-order valence-corrected chi connectivity index (χ1v) is 10.5. The molecule has 148 valence electrons. The van der Waals surface area contributed by atoms with Gasteiger partial charge in [-0.05, 0) is 50.5 Å². The molecule has 0 aliphatic rings. The van der Waals surface area contributed by atoms with Gasteiger partial charge in [0.05, 0.1) is 16.8 Å². The molecule has 0 saturated heterocycles. The van der Waals surface area contributed by atoms with Gasteiger partial charge in [-0.1, -0.05) is 53.8 Å². The highest BCUT2D eigenvalue weighted by atomic mass is 32.1. The van der Waals surface area contributed by atoms with Crippen LogP contribution in [0, 0.1) is 13.8 Å². The maximum Gasteiger partial charge on any atom is 0.278 e. The molecule has 0 unspecified atom stereocenters. The van der Waals surface area contributed by atoms with E-state index in [1.807, 2.05) is 44.2 Å². The number of fused-ring (bicyclic) bond motifs is 1. The van der Waals surface area contributed by atoms with Gasteiger partial charge in [0.2, 0.25) is 0 Å². The van der Waals surface area contributed by atoms with Gasteiger partial charge in [0.15, 0.2) is 5.13 Å². The molecule has 6 heteroatoms. The SMILES string of the molecule is Cc1ccc(C)c2sc(N(Cc3ccccc3)C(=O)c3ccnn3C(C)C)nc12. The standard InChI is InChI=1S/C23H24N4OS/c1-15(2)27-19(12-13-24-27)22(28)26(14-18-8-6-5-7-9-18)23-25-20-16(3)10-11-17(4)21(20)29-23/h5-13,15H,14H2,1-4H3. The number of rotatable bonds is 5. The van der Waals surface area contributed by atoms with Gasteiger partial charge >= 0.3 is 0 Å². The molecule has 0 bridgehead atoms. The van der Waals surface area contributed by atoms with E-state index in [2.05, 4.69) is 31.1 Å². The topological polar surface area (TPSA) is 51.0 Å². The van der Waals surface area contributed by atoms with E-state index in [-0.39, 0.29) is 11.9 Å². The number of hydrogen-bond acceptors (Lipinski definition) is 4. The summed E-state index contributed by atoms with van der Waals surface area (Å²) in [5.41, 5.74) is 4.89. The summed E-state index contributed by atoms with van der Waals surface area (Å²) in [6.07, 6.45) is 1.68. The molecular weight excluding hydrogens is 380 g/mol. The number of benzene rings is 2. The minimum Gasteiger partial charge on any atom is -0.278 e. The minimum absolute atomic E-state index is 0.0885. The van der Waals surface area contributed by atoms with Crippen LogP contribution in [0.4, 0.5) is 5.13 Å². The van der Waals surface area contributed by atoms with Crippen molar-refractivity contribution in [2.24, 2.45) is 0 Å². The summed E-state index contributed by atoms with van der Waals surface area (Å²) in [7, 11) is 0. The number of carbonyl (C=O) groups excluding carboxylic acids is 1. The van der Waals surface area contributed by atoms with Crippen LogP contribution in [0.25, 0.3) is 10.2 Å². The van der Waals surface area contributed by atoms with Gasteiger partial charge in [0, 0.05) is 12.2 Å². The lowest BCUT2D eigenvalue weighted by Crippen LogP contribution is -2.32. The fourth-order valence-electron chi connectivity index (χ4n) is 3.39. The number of amides is 1. The zero-order valence-electron chi connectivity index (χ0n) is 17.1. The Kier molecular flexibility index (Phi) is 5.20. The Bertz CT molecular complexity index is 1120. The van der Waals surface area contributed by atoms with Crippen LogP contribution < -0.4 is 4.90 Å². The molecule has 2 aromatic carbocycles. The molecule has 0 atom stereocenters. The van der Waals surface area contributed by atoms with Gasteiger partial charge in [-0.25, -0.2) is 4.98 Å². The molecule has 2 heterocycles. The van der Waals surface area contributed by atoms with Crippen LogP contribution in [0.5, 0.6) is 0 Å². The van der Waals surface area contributed by atoms with E-state index in [4.69, 9.17) is 4.98 Å². The molecule has 5 nitrogen and oxygen atoms in total. The number of nitrogens with zero attached hydrogens (tertiary/aromatic N) is 4. The third kappa shape index (κ3) is 3.68. The molecule has 2 aromatic heterocycles. The van der Waals surface area contributed by atoms with E-state index in [9.17, 15) is 4.79 Å². The Morgan fingerprint density at radius 1 is 1.07 bits per heavy atom. The van der Waals surface area contributed by atoms with Crippen molar-refractivity contribution < 1.29 is 4.79 Å². The van der Waals surface area contributed by atoms with Gasteiger partial charge in [0.1, 0.15) is 5.69 Å². The summed E-state index contributed by atoms with van der Waals surface area (Å²) < 4.78 is 2.90. The Morgan fingerprint density at radius 2 is 1.79 bits per heavy atom. The zero-order chi connectivity index (χ0) is 20.5. The molecule has 0 fully saturated rings. The average Bonchev–Trinajstić information content (AvgIpc) is 3.37. The Morgan fingerprint density at radius 3 is 2.48 bits per heavy atom. The van der Waals surface area contributed by atoms with Crippen molar-refractivity contribution in [2.45, 2.75) is 40.3 Å². The van der Waals surface area contributed by atoms with Crippen molar-refractivity contribution in [1.29, 1.82) is 0 Å². The third-order valence-corrected chi connectivity index (χ3v) is 6.18. The zero-order valence-corrected chi connectivity index (χ0v) is 17.9. The van der Waals surface area contributed by atoms with Crippen LogP contribution in [0.15, 0.2) is 54.7 Å².